The third-order valence-electron chi connectivity index (χ3n) is 2.18. The molecule has 1 aromatic carbocycles. The Morgan fingerprint density at radius 1 is 0.609 bits per heavy atom. The van der Waals surface area contributed by atoms with Crippen molar-refractivity contribution >= 4 is 0 Å². The van der Waals surface area contributed by atoms with E-state index in [0.29, 0.717) is 0 Å². The maximum atomic E-state index is 3.97. The minimum atomic E-state index is 0. The summed E-state index contributed by atoms with van der Waals surface area (Å²) in [5, 5.41) is 11.9. The van der Waals surface area contributed by atoms with Gasteiger partial charge >= 0.3 is 26.2 Å². The summed E-state index contributed by atoms with van der Waals surface area (Å²) in [4.78, 5) is 0. The Bertz CT molecular complexity index is 236. The van der Waals surface area contributed by atoms with E-state index in [1.54, 1.807) is 0 Å². The molecule has 132 valence electrons. The van der Waals surface area contributed by atoms with Crippen LogP contribution in [0.3, 0.4) is 0 Å². The molecule has 0 spiro atoms. The maximum absolute atomic E-state index is 3.97. The number of nitrogens with zero attached hydrogens (tertiary/aromatic N) is 3. The topological polar surface area (TPSA) is 42.3 Å². The minimum absolute atomic E-state index is 0. The van der Waals surface area contributed by atoms with Crippen LogP contribution < -0.4 is 0 Å². The van der Waals surface area contributed by atoms with Crippen LogP contribution in [0.5, 0.6) is 0 Å². The van der Waals surface area contributed by atoms with Gasteiger partial charge in [-0.3, -0.25) is 0 Å². The Kier molecular flexibility index (Phi) is 44.7. The van der Waals surface area contributed by atoms with Gasteiger partial charge in [-0.15, -0.1) is 12.1 Å². The van der Waals surface area contributed by atoms with E-state index in [9.17, 15) is 0 Å². The molecule has 23 heavy (non-hydrogen) atoms. The molecule has 0 heterocycles. The first-order valence-corrected chi connectivity index (χ1v) is 8.40. The summed E-state index contributed by atoms with van der Waals surface area (Å²) < 4.78 is 0. The molecule has 0 amide bonds. The van der Waals surface area contributed by atoms with Crippen molar-refractivity contribution in [2.75, 3.05) is 39.3 Å². The van der Waals surface area contributed by atoms with Crippen LogP contribution in [0, 0.1) is 6.92 Å². The third kappa shape index (κ3) is 44.9. The summed E-state index contributed by atoms with van der Waals surface area (Å²) in [5.41, 5.74) is 1.07. The molecule has 3 nitrogen and oxygen atoms in total. The van der Waals surface area contributed by atoms with Gasteiger partial charge in [-0.25, -0.2) is 0 Å². The van der Waals surface area contributed by atoms with E-state index in [-0.39, 0.29) is 26.2 Å². The molecule has 0 aliphatic carbocycles. The summed E-state index contributed by atoms with van der Waals surface area (Å²) in [6, 6.07) is 9.87. The minimum Gasteiger partial charge on any atom is -0.663 e. The molecule has 1 aromatic rings. The molecule has 0 radical (unpaired) electrons. The molecule has 0 unspecified atom stereocenters. The molecule has 0 aliphatic rings. The maximum Gasteiger partial charge on any atom is 4.00 e. The Hall–Kier alpha value is -0.147. The Balaban J connectivity index is -0.000000105. The van der Waals surface area contributed by atoms with Gasteiger partial charge in [0.05, 0.1) is 0 Å². The van der Waals surface area contributed by atoms with Gasteiger partial charge in [-0.1, -0.05) is 47.6 Å². The Labute approximate surface area is 165 Å². The summed E-state index contributed by atoms with van der Waals surface area (Å²) in [5.74, 6) is 0. The van der Waals surface area contributed by atoms with Crippen LogP contribution in [0.15, 0.2) is 30.3 Å². The van der Waals surface area contributed by atoms with E-state index >= 15 is 0 Å². The van der Waals surface area contributed by atoms with Crippen molar-refractivity contribution in [2.24, 2.45) is 0 Å². The average Bonchev–Trinajstić information content (AvgIpc) is 2.52. The standard InChI is InChI=1S/C7H7.3C4H10N.Zr/c1-7-5-3-2-4-6-7;3*1-3-5-4-2;/h2-6H,1H2;3*3-4H2,1-2H3;/q4*-1;+4. The SMILES string of the molecule is CC[N-]CC.CC[N-]CC.CC[N-]CC.[CH2-]c1ccccc1.[Zr+4]. The quantitative estimate of drug-likeness (QED) is 0.522. The van der Waals surface area contributed by atoms with E-state index in [0.717, 1.165) is 44.8 Å². The fourth-order valence-corrected chi connectivity index (χ4v) is 1.15. The predicted octanol–water partition coefficient (Wildman–Crippen LogP) is 6.07. The number of hydrogen-bond donors (Lipinski definition) is 0. The molecule has 0 atom stereocenters. The fraction of sp³-hybridized carbons (Fsp3) is 0.632. The van der Waals surface area contributed by atoms with E-state index in [1.807, 2.05) is 71.9 Å². The zero-order valence-corrected chi connectivity index (χ0v) is 18.6. The second kappa shape index (κ2) is 33.5. The molecular weight excluding hydrogens is 361 g/mol. The van der Waals surface area contributed by atoms with Crippen LogP contribution in [0.1, 0.15) is 47.1 Å². The Morgan fingerprint density at radius 2 is 0.870 bits per heavy atom. The zero-order chi connectivity index (χ0) is 17.5. The molecule has 0 fully saturated rings. The van der Waals surface area contributed by atoms with Crippen molar-refractivity contribution in [3.63, 3.8) is 0 Å². The van der Waals surface area contributed by atoms with Crippen LogP contribution in [-0.4, -0.2) is 39.3 Å². The summed E-state index contributed by atoms with van der Waals surface area (Å²) in [7, 11) is 0. The molecule has 0 saturated heterocycles. The Morgan fingerprint density at radius 3 is 0.957 bits per heavy atom. The normalized spacial score (nSPS) is 8.09. The van der Waals surface area contributed by atoms with Crippen molar-refractivity contribution in [1.82, 2.24) is 0 Å². The van der Waals surface area contributed by atoms with E-state index in [4.69, 9.17) is 0 Å². The van der Waals surface area contributed by atoms with Gasteiger partial charge in [-0.05, 0) is 0 Å². The van der Waals surface area contributed by atoms with Crippen molar-refractivity contribution < 1.29 is 26.2 Å². The van der Waals surface area contributed by atoms with Gasteiger partial charge in [0.15, 0.2) is 0 Å². The second-order valence-electron chi connectivity index (χ2n) is 4.05. The van der Waals surface area contributed by atoms with Gasteiger partial charge in [-0.2, -0.15) is 63.9 Å². The van der Waals surface area contributed by atoms with Crippen LogP contribution in [0.2, 0.25) is 0 Å². The fourth-order valence-electron chi connectivity index (χ4n) is 1.15. The average molecular weight is 399 g/mol. The first kappa shape index (κ1) is 30.7. The molecule has 0 N–H and O–H groups in total. The van der Waals surface area contributed by atoms with Crippen molar-refractivity contribution in [2.45, 2.75) is 41.5 Å². The van der Waals surface area contributed by atoms with Gasteiger partial charge in [0.2, 0.25) is 0 Å². The molecular formula is C19H37N3Zr. The summed E-state index contributed by atoms with van der Waals surface area (Å²) in [6.45, 7) is 21.8. The van der Waals surface area contributed by atoms with Crippen molar-refractivity contribution in [3.05, 3.63) is 58.8 Å². The van der Waals surface area contributed by atoms with Gasteiger partial charge in [0, 0.05) is 0 Å². The largest absolute Gasteiger partial charge is 4.00 e. The van der Waals surface area contributed by atoms with Crippen LogP contribution in [-0.2, 0) is 26.2 Å². The van der Waals surface area contributed by atoms with E-state index in [1.165, 1.54) is 0 Å². The molecule has 0 bridgehead atoms. The first-order chi connectivity index (χ1) is 10.6. The molecule has 1 rings (SSSR count). The molecule has 0 saturated carbocycles. The smallest absolute Gasteiger partial charge is 0.663 e. The zero-order valence-electron chi connectivity index (χ0n) is 16.2. The molecule has 0 aliphatic heterocycles. The second-order valence-corrected chi connectivity index (χ2v) is 4.05. The van der Waals surface area contributed by atoms with Crippen LogP contribution in [0.4, 0.5) is 0 Å². The first-order valence-electron chi connectivity index (χ1n) is 8.40. The molecule has 4 heteroatoms. The number of hydrogen-bond acceptors (Lipinski definition) is 0. The summed E-state index contributed by atoms with van der Waals surface area (Å²) >= 11 is 0. The van der Waals surface area contributed by atoms with Gasteiger partial charge < -0.3 is 16.0 Å². The number of rotatable bonds is 6. The van der Waals surface area contributed by atoms with Gasteiger partial charge in [0.1, 0.15) is 0 Å². The molecule has 0 aromatic heterocycles. The summed E-state index contributed by atoms with van der Waals surface area (Å²) in [6.07, 6.45) is 0. The van der Waals surface area contributed by atoms with Crippen molar-refractivity contribution in [1.29, 1.82) is 0 Å². The number of benzene rings is 1. The monoisotopic (exact) mass is 397 g/mol. The van der Waals surface area contributed by atoms with Crippen LogP contribution in [0.25, 0.3) is 16.0 Å². The predicted molar refractivity (Wildman–Crippen MR) is 104 cm³/mol. The van der Waals surface area contributed by atoms with E-state index < -0.39 is 0 Å². The van der Waals surface area contributed by atoms with E-state index in [2.05, 4.69) is 22.9 Å². The van der Waals surface area contributed by atoms with Crippen LogP contribution >= 0.6 is 0 Å². The third-order valence-corrected chi connectivity index (χ3v) is 2.18. The van der Waals surface area contributed by atoms with Gasteiger partial charge in [0.25, 0.3) is 0 Å². The van der Waals surface area contributed by atoms with Crippen molar-refractivity contribution in [3.8, 4) is 0 Å².